The Morgan fingerprint density at radius 3 is 2.54 bits per heavy atom. The molecule has 2 aromatic rings. The van der Waals surface area contributed by atoms with Crippen molar-refractivity contribution < 1.29 is 5.11 Å². The molecule has 1 N–H and O–H groups in total. The molecule has 1 aliphatic heterocycles. The van der Waals surface area contributed by atoms with Gasteiger partial charge < -0.3 is 14.9 Å². The van der Waals surface area contributed by atoms with E-state index in [0.29, 0.717) is 18.3 Å². The van der Waals surface area contributed by atoms with Crippen molar-refractivity contribution in [3.8, 4) is 5.75 Å². The summed E-state index contributed by atoms with van der Waals surface area (Å²) < 4.78 is 0. The van der Waals surface area contributed by atoms with Crippen molar-refractivity contribution in [3.63, 3.8) is 0 Å². The van der Waals surface area contributed by atoms with E-state index in [9.17, 15) is 5.11 Å². The van der Waals surface area contributed by atoms with Gasteiger partial charge in [-0.3, -0.25) is 9.89 Å². The van der Waals surface area contributed by atoms with Crippen LogP contribution in [0.15, 0.2) is 40.7 Å². The van der Waals surface area contributed by atoms with Gasteiger partial charge in [-0.05, 0) is 44.5 Å². The standard InChI is InChI=1S/C22H32N4OS/c1-4-25(5-2)19-9-8-18(21(27)15-19)16-23-17-20(22-7-6-14-28-22)26-12-10-24(3)11-13-26/h6-9,14-16,20,27H,4-5,10-13,17H2,1-3H3/t20-/m1/s1. The first-order chi connectivity index (χ1) is 13.6. The van der Waals surface area contributed by atoms with E-state index in [1.165, 1.54) is 4.88 Å². The first-order valence-corrected chi connectivity index (χ1v) is 11.0. The van der Waals surface area contributed by atoms with Gasteiger partial charge in [0.15, 0.2) is 0 Å². The number of likely N-dealkylation sites (N-methyl/N-ethyl adjacent to an activating group) is 1. The summed E-state index contributed by atoms with van der Waals surface area (Å²) in [4.78, 5) is 13.2. The van der Waals surface area contributed by atoms with Crippen LogP contribution in [0.5, 0.6) is 5.75 Å². The fourth-order valence-electron chi connectivity index (χ4n) is 3.68. The molecule has 0 amide bonds. The first-order valence-electron chi connectivity index (χ1n) is 10.2. The molecule has 6 heteroatoms. The number of thiophene rings is 1. The number of aliphatic imine (C=N–C) groups is 1. The van der Waals surface area contributed by atoms with Crippen molar-refractivity contribution in [3.05, 3.63) is 46.2 Å². The lowest BCUT2D eigenvalue weighted by atomic mass is 10.1. The normalized spacial score (nSPS) is 17.2. The highest BCUT2D eigenvalue weighted by Crippen LogP contribution is 2.27. The third-order valence-corrected chi connectivity index (χ3v) is 6.48. The molecule has 28 heavy (non-hydrogen) atoms. The van der Waals surface area contributed by atoms with E-state index in [1.807, 2.05) is 18.3 Å². The van der Waals surface area contributed by atoms with Gasteiger partial charge in [0.25, 0.3) is 0 Å². The molecule has 1 aromatic heterocycles. The number of hydrogen-bond donors (Lipinski definition) is 1. The van der Waals surface area contributed by atoms with Crippen LogP contribution < -0.4 is 4.90 Å². The Balaban J connectivity index is 1.70. The minimum absolute atomic E-state index is 0.292. The van der Waals surface area contributed by atoms with Crippen LogP contribution in [0.2, 0.25) is 0 Å². The highest BCUT2D eigenvalue weighted by molar-refractivity contribution is 7.10. The Kier molecular flexibility index (Phi) is 7.48. The number of hydrogen-bond acceptors (Lipinski definition) is 6. The summed E-state index contributed by atoms with van der Waals surface area (Å²) in [7, 11) is 2.18. The predicted molar refractivity (Wildman–Crippen MR) is 120 cm³/mol. The molecule has 3 rings (SSSR count). The van der Waals surface area contributed by atoms with Crippen LogP contribution in [-0.4, -0.2) is 74.0 Å². The smallest absolute Gasteiger partial charge is 0.126 e. The second-order valence-electron chi connectivity index (χ2n) is 7.28. The average Bonchev–Trinajstić information content (AvgIpc) is 3.23. The second kappa shape index (κ2) is 10.0. The number of anilines is 1. The van der Waals surface area contributed by atoms with Gasteiger partial charge in [0, 0.05) is 67.7 Å². The van der Waals surface area contributed by atoms with Crippen LogP contribution >= 0.6 is 11.3 Å². The Labute approximate surface area is 172 Å². The Hall–Kier alpha value is -1.89. The second-order valence-corrected chi connectivity index (χ2v) is 8.26. The molecule has 5 nitrogen and oxygen atoms in total. The average molecular weight is 401 g/mol. The molecule has 1 aromatic carbocycles. The topological polar surface area (TPSA) is 42.3 Å². The molecule has 1 saturated heterocycles. The summed E-state index contributed by atoms with van der Waals surface area (Å²) >= 11 is 1.80. The molecular weight excluding hydrogens is 368 g/mol. The van der Waals surface area contributed by atoms with E-state index in [4.69, 9.17) is 4.99 Å². The van der Waals surface area contributed by atoms with Crippen LogP contribution in [0.4, 0.5) is 5.69 Å². The van der Waals surface area contributed by atoms with Crippen LogP contribution in [0.3, 0.4) is 0 Å². The summed E-state index contributed by atoms with van der Waals surface area (Å²) in [6.07, 6.45) is 1.82. The van der Waals surface area contributed by atoms with Crippen molar-refractivity contribution in [2.75, 3.05) is 57.8 Å². The number of phenolic OH excluding ortho intramolecular Hbond substituents is 1. The molecule has 0 spiro atoms. The van der Waals surface area contributed by atoms with Gasteiger partial charge in [0.2, 0.25) is 0 Å². The van der Waals surface area contributed by atoms with Gasteiger partial charge in [0.1, 0.15) is 5.75 Å². The maximum absolute atomic E-state index is 10.4. The molecule has 0 radical (unpaired) electrons. The number of piperazine rings is 1. The molecule has 0 bridgehead atoms. The van der Waals surface area contributed by atoms with E-state index < -0.39 is 0 Å². The summed E-state index contributed by atoms with van der Waals surface area (Å²) in [5, 5.41) is 12.6. The minimum atomic E-state index is 0.292. The third-order valence-electron chi connectivity index (χ3n) is 5.50. The summed E-state index contributed by atoms with van der Waals surface area (Å²) in [6, 6.07) is 10.5. The zero-order chi connectivity index (χ0) is 19.9. The van der Waals surface area contributed by atoms with Gasteiger partial charge >= 0.3 is 0 Å². The predicted octanol–water partition coefficient (Wildman–Crippen LogP) is 3.71. The van der Waals surface area contributed by atoms with Crippen molar-refractivity contribution in [1.82, 2.24) is 9.80 Å². The minimum Gasteiger partial charge on any atom is -0.507 e. The fraction of sp³-hybridized carbons (Fsp3) is 0.500. The van der Waals surface area contributed by atoms with E-state index in [0.717, 1.165) is 50.5 Å². The Morgan fingerprint density at radius 1 is 1.18 bits per heavy atom. The lowest BCUT2D eigenvalue weighted by Gasteiger charge is -2.37. The SMILES string of the molecule is CCN(CC)c1ccc(C=NC[C@H](c2cccs2)N2CCN(C)CC2)c(O)c1. The molecule has 2 heterocycles. The van der Waals surface area contributed by atoms with E-state index in [1.54, 1.807) is 11.3 Å². The van der Waals surface area contributed by atoms with Crippen molar-refractivity contribution in [1.29, 1.82) is 0 Å². The van der Waals surface area contributed by atoms with E-state index in [2.05, 4.69) is 59.2 Å². The van der Waals surface area contributed by atoms with Gasteiger partial charge in [-0.1, -0.05) is 6.07 Å². The molecule has 0 saturated carbocycles. The van der Waals surface area contributed by atoms with E-state index >= 15 is 0 Å². The molecule has 0 unspecified atom stereocenters. The number of benzene rings is 1. The number of phenols is 1. The van der Waals surface area contributed by atoms with Gasteiger partial charge in [-0.25, -0.2) is 0 Å². The lowest BCUT2D eigenvalue weighted by molar-refractivity contribution is 0.116. The molecule has 0 aliphatic carbocycles. The zero-order valence-electron chi connectivity index (χ0n) is 17.2. The van der Waals surface area contributed by atoms with Gasteiger partial charge in [-0.15, -0.1) is 11.3 Å². The summed E-state index contributed by atoms with van der Waals surface area (Å²) in [5.74, 6) is 0.292. The monoisotopic (exact) mass is 400 g/mol. The van der Waals surface area contributed by atoms with Crippen LogP contribution in [-0.2, 0) is 0 Å². The highest BCUT2D eigenvalue weighted by atomic mass is 32.1. The van der Waals surface area contributed by atoms with E-state index in [-0.39, 0.29) is 0 Å². The number of rotatable bonds is 8. The molecule has 1 aliphatic rings. The Bertz CT molecular complexity index is 750. The number of aromatic hydroxyl groups is 1. The maximum atomic E-state index is 10.4. The van der Waals surface area contributed by atoms with Crippen molar-refractivity contribution >= 4 is 23.2 Å². The fourth-order valence-corrected chi connectivity index (χ4v) is 4.53. The van der Waals surface area contributed by atoms with Gasteiger partial charge in [-0.2, -0.15) is 0 Å². The van der Waals surface area contributed by atoms with Crippen molar-refractivity contribution in [2.24, 2.45) is 4.99 Å². The number of nitrogens with zero attached hydrogens (tertiary/aromatic N) is 4. The van der Waals surface area contributed by atoms with Crippen LogP contribution in [0.25, 0.3) is 0 Å². The Morgan fingerprint density at radius 2 is 1.93 bits per heavy atom. The van der Waals surface area contributed by atoms with Gasteiger partial charge in [0.05, 0.1) is 12.6 Å². The summed E-state index contributed by atoms with van der Waals surface area (Å²) in [5.41, 5.74) is 1.83. The van der Waals surface area contributed by atoms with Crippen molar-refractivity contribution in [2.45, 2.75) is 19.9 Å². The highest BCUT2D eigenvalue weighted by Gasteiger charge is 2.24. The quantitative estimate of drug-likeness (QED) is 0.686. The summed E-state index contributed by atoms with van der Waals surface area (Å²) in [6.45, 7) is 11.1. The largest absolute Gasteiger partial charge is 0.507 e. The lowest BCUT2D eigenvalue weighted by Crippen LogP contribution is -2.46. The zero-order valence-corrected chi connectivity index (χ0v) is 18.0. The molecule has 152 valence electrons. The first kappa shape index (κ1) is 20.8. The molecular formula is C22H32N4OS. The van der Waals surface area contributed by atoms with Crippen LogP contribution in [0.1, 0.15) is 30.3 Å². The maximum Gasteiger partial charge on any atom is 0.126 e. The van der Waals surface area contributed by atoms with Crippen LogP contribution in [0, 0.1) is 0 Å². The molecule has 1 atom stereocenters. The molecule has 1 fully saturated rings. The third kappa shape index (κ3) is 5.13.